The zero-order valence-corrected chi connectivity index (χ0v) is 19.3. The number of aromatic nitrogens is 2. The summed E-state index contributed by atoms with van der Waals surface area (Å²) in [6.45, 7) is 8.21. The van der Waals surface area contributed by atoms with E-state index in [2.05, 4.69) is 29.0 Å². The first-order valence-electron chi connectivity index (χ1n) is 11.5. The lowest BCUT2D eigenvalue weighted by atomic mass is 10.1. The van der Waals surface area contributed by atoms with E-state index >= 15 is 0 Å². The molecule has 1 fully saturated rings. The van der Waals surface area contributed by atoms with E-state index in [0.29, 0.717) is 35.9 Å². The number of fused-ring (bicyclic) bond motifs is 1. The molecule has 3 aromatic rings. The fourth-order valence-corrected chi connectivity index (χ4v) is 4.34. The second-order valence-electron chi connectivity index (χ2n) is 8.31. The van der Waals surface area contributed by atoms with Crippen molar-refractivity contribution in [3.05, 3.63) is 47.5 Å². The van der Waals surface area contributed by atoms with E-state index in [1.165, 1.54) is 6.07 Å². The molecule has 174 valence electrons. The first-order chi connectivity index (χ1) is 15.9. The van der Waals surface area contributed by atoms with Gasteiger partial charge in [0.05, 0.1) is 16.6 Å². The Morgan fingerprint density at radius 1 is 1.15 bits per heavy atom. The van der Waals surface area contributed by atoms with Crippen LogP contribution in [0.4, 0.5) is 31.9 Å². The molecular weight excluding hydrogens is 424 g/mol. The number of carbonyl (C=O) groups is 1. The predicted octanol–water partition coefficient (Wildman–Crippen LogP) is 5.71. The van der Waals surface area contributed by atoms with E-state index in [-0.39, 0.29) is 16.8 Å². The van der Waals surface area contributed by atoms with Gasteiger partial charge in [0.2, 0.25) is 5.91 Å². The molecule has 33 heavy (non-hydrogen) atoms. The van der Waals surface area contributed by atoms with Crippen LogP contribution in [0.5, 0.6) is 0 Å². The van der Waals surface area contributed by atoms with E-state index in [1.807, 2.05) is 18.2 Å². The van der Waals surface area contributed by atoms with Crippen LogP contribution in [0.25, 0.3) is 10.9 Å². The number of amides is 1. The predicted molar refractivity (Wildman–Crippen MR) is 128 cm³/mol. The minimum absolute atomic E-state index is 0.0303. The number of rotatable bonds is 7. The number of hydrogen-bond acceptors (Lipinski definition) is 5. The van der Waals surface area contributed by atoms with Gasteiger partial charge in [-0.1, -0.05) is 13.0 Å². The largest absolute Gasteiger partial charge is 0.357 e. The summed E-state index contributed by atoms with van der Waals surface area (Å²) in [5.41, 5.74) is 1.22. The molecule has 0 atom stereocenters. The SMILES string of the molecule is CCCN(CC)c1cccc(Nc2c(C)c(N3CCCCC3=O)nc3cc(F)cc(F)c23)n1. The van der Waals surface area contributed by atoms with Crippen LogP contribution in [0, 0.1) is 18.6 Å². The number of piperidine rings is 1. The number of benzene rings is 1. The maximum Gasteiger partial charge on any atom is 0.228 e. The van der Waals surface area contributed by atoms with Crippen molar-refractivity contribution in [3.8, 4) is 0 Å². The van der Waals surface area contributed by atoms with E-state index in [4.69, 9.17) is 4.98 Å². The van der Waals surface area contributed by atoms with Crippen LogP contribution in [-0.4, -0.2) is 35.5 Å². The van der Waals surface area contributed by atoms with Gasteiger partial charge in [0, 0.05) is 43.8 Å². The molecule has 1 aromatic carbocycles. The molecule has 1 N–H and O–H groups in total. The van der Waals surface area contributed by atoms with Crippen LogP contribution in [-0.2, 0) is 4.79 Å². The number of carbonyl (C=O) groups excluding carboxylic acids is 1. The Hall–Kier alpha value is -3.29. The zero-order valence-electron chi connectivity index (χ0n) is 19.3. The number of nitrogens with zero attached hydrogens (tertiary/aromatic N) is 4. The molecule has 0 spiro atoms. The van der Waals surface area contributed by atoms with Crippen LogP contribution in [0.15, 0.2) is 30.3 Å². The number of halogens is 2. The Kier molecular flexibility index (Phi) is 6.72. The van der Waals surface area contributed by atoms with Crippen molar-refractivity contribution in [2.75, 3.05) is 34.8 Å². The lowest BCUT2D eigenvalue weighted by Crippen LogP contribution is -2.36. The fraction of sp³-hybridized carbons (Fsp3) is 0.400. The molecule has 6 nitrogen and oxygen atoms in total. The molecular formula is C25H29F2N5O. The van der Waals surface area contributed by atoms with Crippen molar-refractivity contribution in [2.24, 2.45) is 0 Å². The van der Waals surface area contributed by atoms with Gasteiger partial charge in [-0.25, -0.2) is 18.7 Å². The molecule has 0 saturated carbocycles. The van der Waals surface area contributed by atoms with Crippen LogP contribution in [0.1, 0.15) is 45.1 Å². The fourth-order valence-electron chi connectivity index (χ4n) is 4.34. The molecule has 4 rings (SSSR count). The van der Waals surface area contributed by atoms with Crippen molar-refractivity contribution >= 4 is 40.0 Å². The van der Waals surface area contributed by atoms with Crippen LogP contribution < -0.4 is 15.1 Å². The molecule has 0 radical (unpaired) electrons. The molecule has 0 bridgehead atoms. The first-order valence-corrected chi connectivity index (χ1v) is 11.5. The van der Waals surface area contributed by atoms with Crippen molar-refractivity contribution < 1.29 is 13.6 Å². The summed E-state index contributed by atoms with van der Waals surface area (Å²) in [5.74, 6) is 0.332. The normalized spacial score (nSPS) is 14.1. The van der Waals surface area contributed by atoms with Crippen LogP contribution in [0.2, 0.25) is 0 Å². The van der Waals surface area contributed by atoms with Gasteiger partial charge in [0.15, 0.2) is 0 Å². The third-order valence-corrected chi connectivity index (χ3v) is 5.99. The van der Waals surface area contributed by atoms with E-state index in [9.17, 15) is 13.6 Å². The molecule has 2 aromatic heterocycles. The third-order valence-electron chi connectivity index (χ3n) is 5.99. The average molecular weight is 454 g/mol. The smallest absolute Gasteiger partial charge is 0.228 e. The molecule has 3 heterocycles. The number of anilines is 4. The van der Waals surface area contributed by atoms with Crippen LogP contribution >= 0.6 is 0 Å². The Labute approximate surface area is 192 Å². The Morgan fingerprint density at radius 2 is 1.97 bits per heavy atom. The number of pyridine rings is 2. The summed E-state index contributed by atoms with van der Waals surface area (Å²) in [5, 5.41) is 3.43. The Balaban J connectivity index is 1.84. The monoisotopic (exact) mass is 453 g/mol. The lowest BCUT2D eigenvalue weighted by molar-refractivity contribution is -0.119. The van der Waals surface area contributed by atoms with Gasteiger partial charge < -0.3 is 10.2 Å². The quantitative estimate of drug-likeness (QED) is 0.496. The van der Waals surface area contributed by atoms with Crippen molar-refractivity contribution in [1.82, 2.24) is 9.97 Å². The molecule has 1 amide bonds. The third kappa shape index (κ3) is 4.60. The Morgan fingerprint density at radius 3 is 2.70 bits per heavy atom. The lowest BCUT2D eigenvalue weighted by Gasteiger charge is -2.28. The van der Waals surface area contributed by atoms with E-state index < -0.39 is 11.6 Å². The van der Waals surface area contributed by atoms with Gasteiger partial charge in [-0.2, -0.15) is 0 Å². The van der Waals surface area contributed by atoms with Crippen molar-refractivity contribution in [1.29, 1.82) is 0 Å². The van der Waals surface area contributed by atoms with Gasteiger partial charge >= 0.3 is 0 Å². The zero-order chi connectivity index (χ0) is 23.5. The number of nitrogens with one attached hydrogen (secondary N) is 1. The maximum absolute atomic E-state index is 15.0. The van der Waals surface area contributed by atoms with Gasteiger partial charge in [-0.3, -0.25) is 9.69 Å². The molecule has 0 aliphatic carbocycles. The topological polar surface area (TPSA) is 61.4 Å². The second kappa shape index (κ2) is 9.68. The first kappa shape index (κ1) is 22.9. The van der Waals surface area contributed by atoms with Gasteiger partial charge in [0.25, 0.3) is 0 Å². The minimum atomic E-state index is -0.712. The van der Waals surface area contributed by atoms with Gasteiger partial charge in [-0.15, -0.1) is 0 Å². The molecule has 1 saturated heterocycles. The maximum atomic E-state index is 15.0. The summed E-state index contributed by atoms with van der Waals surface area (Å²) < 4.78 is 29.0. The van der Waals surface area contributed by atoms with E-state index in [1.54, 1.807) is 11.8 Å². The summed E-state index contributed by atoms with van der Waals surface area (Å²) in [6.07, 6.45) is 3.12. The second-order valence-corrected chi connectivity index (χ2v) is 8.31. The summed E-state index contributed by atoms with van der Waals surface area (Å²) >= 11 is 0. The highest BCUT2D eigenvalue weighted by Crippen LogP contribution is 2.37. The van der Waals surface area contributed by atoms with Crippen molar-refractivity contribution in [2.45, 2.75) is 46.5 Å². The summed E-state index contributed by atoms with van der Waals surface area (Å²) in [6, 6.07) is 7.69. The van der Waals surface area contributed by atoms with Gasteiger partial charge in [-0.05, 0) is 45.2 Å². The highest BCUT2D eigenvalue weighted by molar-refractivity contribution is 6.01. The number of hydrogen-bond donors (Lipinski definition) is 1. The highest BCUT2D eigenvalue weighted by Gasteiger charge is 2.26. The minimum Gasteiger partial charge on any atom is -0.357 e. The summed E-state index contributed by atoms with van der Waals surface area (Å²) in [7, 11) is 0. The molecule has 1 aliphatic rings. The average Bonchev–Trinajstić information content (AvgIpc) is 2.79. The molecule has 8 heteroatoms. The highest BCUT2D eigenvalue weighted by atomic mass is 19.1. The van der Waals surface area contributed by atoms with Gasteiger partial charge in [0.1, 0.15) is 29.1 Å². The molecule has 1 aliphatic heterocycles. The molecule has 0 unspecified atom stereocenters. The van der Waals surface area contributed by atoms with Crippen LogP contribution in [0.3, 0.4) is 0 Å². The van der Waals surface area contributed by atoms with E-state index in [0.717, 1.165) is 44.2 Å². The Bertz CT molecular complexity index is 1180. The standard InChI is InChI=1S/C25H29F2N5O/c1-4-12-31(5-2)21-10-8-9-20(29-21)30-24-16(3)25(32-13-7-6-11-22(32)33)28-19-15-17(26)14-18(27)23(19)24/h8-10,14-15H,4-7,11-13H2,1-3H3,(H,28,29,30). The van der Waals surface area contributed by atoms with Crippen molar-refractivity contribution in [3.63, 3.8) is 0 Å². The summed E-state index contributed by atoms with van der Waals surface area (Å²) in [4.78, 5) is 25.6.